The van der Waals surface area contributed by atoms with E-state index < -0.39 is 0 Å². The van der Waals surface area contributed by atoms with Gasteiger partial charge in [-0.3, -0.25) is 4.79 Å². The lowest BCUT2D eigenvalue weighted by Crippen LogP contribution is -2.27. The van der Waals surface area contributed by atoms with Gasteiger partial charge in [0.2, 0.25) is 0 Å². The zero-order valence-corrected chi connectivity index (χ0v) is 14.5. The van der Waals surface area contributed by atoms with E-state index in [-0.39, 0.29) is 11.9 Å². The van der Waals surface area contributed by atoms with E-state index in [0.717, 1.165) is 22.4 Å². The molecule has 0 aliphatic rings. The highest BCUT2D eigenvalue weighted by molar-refractivity contribution is 5.94. The van der Waals surface area contributed by atoms with Gasteiger partial charge in [0, 0.05) is 5.56 Å². The number of hydrogen-bond donors (Lipinski definition) is 1. The van der Waals surface area contributed by atoms with E-state index in [1.54, 1.807) is 7.11 Å². The summed E-state index contributed by atoms with van der Waals surface area (Å²) >= 11 is 0. The summed E-state index contributed by atoms with van der Waals surface area (Å²) in [5.41, 5.74) is 4.08. The molecule has 1 unspecified atom stereocenters. The number of rotatable bonds is 5. The third kappa shape index (κ3) is 3.92. The van der Waals surface area contributed by atoms with Crippen LogP contribution < -0.4 is 10.1 Å². The molecule has 0 radical (unpaired) electrons. The summed E-state index contributed by atoms with van der Waals surface area (Å²) in [6, 6.07) is 13.4. The van der Waals surface area contributed by atoms with Crippen molar-refractivity contribution in [3.63, 3.8) is 0 Å². The Hall–Kier alpha value is -2.29. The molecule has 2 aromatic carbocycles. The van der Waals surface area contributed by atoms with Gasteiger partial charge in [-0.2, -0.15) is 0 Å². The van der Waals surface area contributed by atoms with Gasteiger partial charge in [-0.25, -0.2) is 0 Å². The predicted octanol–water partition coefficient (Wildman–Crippen LogP) is 4.62. The van der Waals surface area contributed by atoms with E-state index in [1.165, 1.54) is 0 Å². The van der Waals surface area contributed by atoms with Crippen molar-refractivity contribution in [1.82, 2.24) is 5.32 Å². The lowest BCUT2D eigenvalue weighted by Gasteiger charge is -2.21. The van der Waals surface area contributed by atoms with Gasteiger partial charge in [-0.15, -0.1) is 0 Å². The smallest absolute Gasteiger partial charge is 0.251 e. The molecule has 1 N–H and O–H groups in total. The maximum absolute atomic E-state index is 12.3. The maximum Gasteiger partial charge on any atom is 0.251 e. The Morgan fingerprint density at radius 2 is 1.70 bits per heavy atom. The molecule has 0 spiro atoms. The number of aryl methyl sites for hydroxylation is 1. The Kier molecular flexibility index (Phi) is 5.43. The van der Waals surface area contributed by atoms with Crippen LogP contribution in [-0.4, -0.2) is 13.0 Å². The second-order valence-corrected chi connectivity index (χ2v) is 6.17. The third-order valence-electron chi connectivity index (χ3n) is 4.09. The monoisotopic (exact) mass is 311 g/mol. The second-order valence-electron chi connectivity index (χ2n) is 6.17. The number of benzene rings is 2. The Balaban J connectivity index is 2.27. The fourth-order valence-corrected chi connectivity index (χ4v) is 2.76. The predicted molar refractivity (Wildman–Crippen MR) is 94.1 cm³/mol. The van der Waals surface area contributed by atoms with Crippen LogP contribution in [0.2, 0.25) is 0 Å². The number of carbonyl (C=O) groups is 1. The Morgan fingerprint density at radius 3 is 2.26 bits per heavy atom. The van der Waals surface area contributed by atoms with Gasteiger partial charge in [0.15, 0.2) is 0 Å². The first kappa shape index (κ1) is 17.1. The largest absolute Gasteiger partial charge is 0.496 e. The van der Waals surface area contributed by atoms with Crippen LogP contribution in [0.1, 0.15) is 59.8 Å². The van der Waals surface area contributed by atoms with Crippen molar-refractivity contribution in [2.45, 2.75) is 39.7 Å². The van der Waals surface area contributed by atoms with Gasteiger partial charge < -0.3 is 10.1 Å². The van der Waals surface area contributed by atoms with Crippen LogP contribution in [0, 0.1) is 6.92 Å². The van der Waals surface area contributed by atoms with Gasteiger partial charge in [-0.1, -0.05) is 32.0 Å². The van der Waals surface area contributed by atoms with E-state index in [2.05, 4.69) is 31.3 Å². The summed E-state index contributed by atoms with van der Waals surface area (Å²) in [6.07, 6.45) is 0. The molecule has 3 heteroatoms. The number of hydrogen-bond acceptors (Lipinski definition) is 2. The highest BCUT2D eigenvalue weighted by Gasteiger charge is 2.17. The highest BCUT2D eigenvalue weighted by Crippen LogP contribution is 2.32. The quantitative estimate of drug-likeness (QED) is 0.875. The number of methoxy groups -OCH3 is 1. The van der Waals surface area contributed by atoms with E-state index in [4.69, 9.17) is 4.74 Å². The number of nitrogens with one attached hydrogen (secondary N) is 1. The maximum atomic E-state index is 12.3. The van der Waals surface area contributed by atoms with Crippen LogP contribution in [0.25, 0.3) is 0 Å². The first-order chi connectivity index (χ1) is 10.9. The van der Waals surface area contributed by atoms with E-state index in [9.17, 15) is 4.79 Å². The summed E-state index contributed by atoms with van der Waals surface area (Å²) in [7, 11) is 1.70. The van der Waals surface area contributed by atoms with Crippen molar-refractivity contribution in [2.24, 2.45) is 0 Å². The third-order valence-corrected chi connectivity index (χ3v) is 4.09. The number of carbonyl (C=O) groups excluding carboxylic acids is 1. The molecule has 0 aliphatic heterocycles. The van der Waals surface area contributed by atoms with Crippen molar-refractivity contribution in [3.8, 4) is 5.75 Å². The summed E-state index contributed by atoms with van der Waals surface area (Å²) < 4.78 is 5.49. The van der Waals surface area contributed by atoms with E-state index in [1.807, 2.05) is 44.2 Å². The molecule has 0 bridgehead atoms. The summed E-state index contributed by atoms with van der Waals surface area (Å²) in [4.78, 5) is 12.3. The summed E-state index contributed by atoms with van der Waals surface area (Å²) in [5.74, 6) is 1.21. The number of amides is 1. The zero-order chi connectivity index (χ0) is 17.0. The van der Waals surface area contributed by atoms with Crippen molar-refractivity contribution >= 4 is 5.91 Å². The van der Waals surface area contributed by atoms with Crippen LogP contribution in [0.5, 0.6) is 5.75 Å². The molecule has 0 aromatic heterocycles. The molecule has 0 saturated carbocycles. The second kappa shape index (κ2) is 7.32. The van der Waals surface area contributed by atoms with Gasteiger partial charge in [0.05, 0.1) is 13.2 Å². The molecule has 122 valence electrons. The molecule has 0 fully saturated rings. The summed E-state index contributed by atoms with van der Waals surface area (Å²) in [5, 5.41) is 3.08. The molecule has 3 nitrogen and oxygen atoms in total. The van der Waals surface area contributed by atoms with Gasteiger partial charge in [0.25, 0.3) is 5.91 Å². The normalized spacial score (nSPS) is 12.1. The highest BCUT2D eigenvalue weighted by atomic mass is 16.5. The van der Waals surface area contributed by atoms with E-state index >= 15 is 0 Å². The van der Waals surface area contributed by atoms with Crippen molar-refractivity contribution < 1.29 is 9.53 Å². The fraction of sp³-hybridized carbons (Fsp3) is 0.350. The topological polar surface area (TPSA) is 38.3 Å². The van der Waals surface area contributed by atoms with Crippen LogP contribution in [-0.2, 0) is 0 Å². The standard InChI is InChI=1S/C20H25NO2/c1-13(2)17-12-18(14(3)11-19(17)23-5)15(4)21-20(22)16-9-7-6-8-10-16/h6-13,15H,1-5H3,(H,21,22). The molecule has 1 atom stereocenters. The molecule has 2 aromatic rings. The van der Waals surface area contributed by atoms with Gasteiger partial charge >= 0.3 is 0 Å². The fourth-order valence-electron chi connectivity index (χ4n) is 2.76. The lowest BCUT2D eigenvalue weighted by atomic mass is 9.93. The van der Waals surface area contributed by atoms with Crippen LogP contribution in [0.15, 0.2) is 42.5 Å². The van der Waals surface area contributed by atoms with Crippen LogP contribution in [0.4, 0.5) is 0 Å². The average molecular weight is 311 g/mol. The minimum Gasteiger partial charge on any atom is -0.496 e. The lowest BCUT2D eigenvalue weighted by molar-refractivity contribution is 0.0940. The SMILES string of the molecule is COc1cc(C)c(C(C)NC(=O)c2ccccc2)cc1C(C)C. The average Bonchev–Trinajstić information content (AvgIpc) is 2.54. The molecule has 2 rings (SSSR count). The Morgan fingerprint density at radius 1 is 1.04 bits per heavy atom. The minimum absolute atomic E-state index is 0.0561. The summed E-state index contributed by atoms with van der Waals surface area (Å²) in [6.45, 7) is 8.35. The molecule has 23 heavy (non-hydrogen) atoms. The Bertz CT molecular complexity index is 678. The van der Waals surface area contributed by atoms with Gasteiger partial charge in [-0.05, 0) is 60.7 Å². The van der Waals surface area contributed by atoms with Crippen molar-refractivity contribution in [3.05, 3.63) is 64.7 Å². The molecule has 0 aliphatic carbocycles. The first-order valence-corrected chi connectivity index (χ1v) is 7.98. The van der Waals surface area contributed by atoms with E-state index in [0.29, 0.717) is 11.5 Å². The van der Waals surface area contributed by atoms with Crippen molar-refractivity contribution in [2.75, 3.05) is 7.11 Å². The van der Waals surface area contributed by atoms with Crippen LogP contribution in [0.3, 0.4) is 0 Å². The Labute approximate surface area is 138 Å². The zero-order valence-electron chi connectivity index (χ0n) is 14.5. The molecule has 1 amide bonds. The van der Waals surface area contributed by atoms with Crippen molar-refractivity contribution in [1.29, 1.82) is 0 Å². The number of ether oxygens (including phenoxy) is 1. The minimum atomic E-state index is -0.0638. The molecular weight excluding hydrogens is 286 g/mol. The van der Waals surface area contributed by atoms with Gasteiger partial charge in [0.1, 0.15) is 5.75 Å². The molecule has 0 heterocycles. The molecule has 0 saturated heterocycles. The molecular formula is C20H25NO2. The van der Waals surface area contributed by atoms with Crippen LogP contribution >= 0.6 is 0 Å². The first-order valence-electron chi connectivity index (χ1n) is 7.98.